The fourth-order valence-corrected chi connectivity index (χ4v) is 2.03. The van der Waals surface area contributed by atoms with Crippen molar-refractivity contribution in [2.75, 3.05) is 12.8 Å². The molecule has 0 aliphatic carbocycles. The Bertz CT molecular complexity index is 423. The van der Waals surface area contributed by atoms with Crippen molar-refractivity contribution in [2.45, 2.75) is 0 Å². The zero-order chi connectivity index (χ0) is 9.97. The molecule has 1 aromatic carbocycles. The predicted molar refractivity (Wildman–Crippen MR) is 60.7 cm³/mol. The summed E-state index contributed by atoms with van der Waals surface area (Å²) in [4.78, 5) is 1.23. The fraction of sp³-hybridized carbons (Fsp3) is 0.0909. The molecule has 0 aliphatic heterocycles. The molecule has 2 aromatic rings. The van der Waals surface area contributed by atoms with E-state index in [1.807, 2.05) is 24.3 Å². The quantitative estimate of drug-likeness (QED) is 0.765. The van der Waals surface area contributed by atoms with Gasteiger partial charge in [0.2, 0.25) is 0 Å². The lowest BCUT2D eigenvalue weighted by Gasteiger charge is -2.05. The van der Waals surface area contributed by atoms with Gasteiger partial charge in [0.25, 0.3) is 0 Å². The monoisotopic (exact) mass is 205 g/mol. The Hall–Kier alpha value is -1.48. The minimum Gasteiger partial charge on any atom is -0.495 e. The first kappa shape index (κ1) is 9.09. The Morgan fingerprint density at radius 3 is 2.79 bits per heavy atom. The van der Waals surface area contributed by atoms with E-state index in [9.17, 15) is 0 Å². The number of nitrogens with two attached hydrogens (primary N) is 1. The molecule has 0 bridgehead atoms. The molecular formula is C11H11NOS. The number of benzene rings is 1. The van der Waals surface area contributed by atoms with E-state index in [-0.39, 0.29) is 0 Å². The standard InChI is InChI=1S/C11H11NOS/c1-13-10-7-8(4-5-9(10)12)11-3-2-6-14-11/h2-7H,12H2,1H3. The second kappa shape index (κ2) is 3.72. The maximum atomic E-state index is 5.73. The highest BCUT2D eigenvalue weighted by Crippen LogP contribution is 2.30. The van der Waals surface area contributed by atoms with E-state index >= 15 is 0 Å². The summed E-state index contributed by atoms with van der Waals surface area (Å²) in [6.45, 7) is 0. The van der Waals surface area contributed by atoms with Crippen LogP contribution in [0.4, 0.5) is 5.69 Å². The summed E-state index contributed by atoms with van der Waals surface area (Å²) in [6, 6.07) is 9.94. The molecule has 2 N–H and O–H groups in total. The summed E-state index contributed by atoms with van der Waals surface area (Å²) < 4.78 is 5.16. The number of anilines is 1. The average molecular weight is 205 g/mol. The van der Waals surface area contributed by atoms with Crippen LogP contribution < -0.4 is 10.5 Å². The number of thiophene rings is 1. The fourth-order valence-electron chi connectivity index (χ4n) is 1.31. The van der Waals surface area contributed by atoms with E-state index in [0.29, 0.717) is 5.69 Å². The molecule has 3 heteroatoms. The highest BCUT2D eigenvalue weighted by Gasteiger charge is 2.03. The first-order valence-corrected chi connectivity index (χ1v) is 5.16. The molecule has 1 heterocycles. The van der Waals surface area contributed by atoms with Gasteiger partial charge in [-0.3, -0.25) is 0 Å². The van der Waals surface area contributed by atoms with Crippen molar-refractivity contribution in [2.24, 2.45) is 0 Å². The second-order valence-electron chi connectivity index (χ2n) is 2.93. The van der Waals surface area contributed by atoms with Crippen molar-refractivity contribution in [3.05, 3.63) is 35.7 Å². The summed E-state index contributed by atoms with van der Waals surface area (Å²) in [5, 5.41) is 2.05. The smallest absolute Gasteiger partial charge is 0.142 e. The number of ether oxygens (including phenoxy) is 1. The Morgan fingerprint density at radius 2 is 2.14 bits per heavy atom. The van der Waals surface area contributed by atoms with Crippen LogP contribution in [-0.2, 0) is 0 Å². The van der Waals surface area contributed by atoms with Gasteiger partial charge in [-0.05, 0) is 29.1 Å². The molecule has 72 valence electrons. The van der Waals surface area contributed by atoms with Gasteiger partial charge in [0.15, 0.2) is 0 Å². The van der Waals surface area contributed by atoms with Gasteiger partial charge in [0, 0.05) is 4.88 Å². The van der Waals surface area contributed by atoms with Crippen LogP contribution in [-0.4, -0.2) is 7.11 Å². The molecule has 0 fully saturated rings. The van der Waals surface area contributed by atoms with Crippen molar-refractivity contribution in [3.63, 3.8) is 0 Å². The van der Waals surface area contributed by atoms with Gasteiger partial charge >= 0.3 is 0 Å². The molecule has 0 radical (unpaired) electrons. The van der Waals surface area contributed by atoms with E-state index in [2.05, 4.69) is 11.4 Å². The van der Waals surface area contributed by atoms with Crippen LogP contribution >= 0.6 is 11.3 Å². The largest absolute Gasteiger partial charge is 0.495 e. The van der Waals surface area contributed by atoms with Crippen LogP contribution in [0.15, 0.2) is 35.7 Å². The lowest BCUT2D eigenvalue weighted by Crippen LogP contribution is -1.91. The molecule has 2 nitrogen and oxygen atoms in total. The first-order chi connectivity index (χ1) is 6.81. The third-order valence-corrected chi connectivity index (χ3v) is 2.96. The molecule has 0 spiro atoms. The number of methoxy groups -OCH3 is 1. The summed E-state index contributed by atoms with van der Waals surface area (Å²) in [5.74, 6) is 0.732. The van der Waals surface area contributed by atoms with E-state index in [1.54, 1.807) is 18.4 Å². The Morgan fingerprint density at radius 1 is 1.29 bits per heavy atom. The summed E-state index contributed by atoms with van der Waals surface area (Å²) >= 11 is 1.70. The van der Waals surface area contributed by atoms with Crippen molar-refractivity contribution in [1.29, 1.82) is 0 Å². The summed E-state index contributed by atoms with van der Waals surface area (Å²) in [6.07, 6.45) is 0. The highest BCUT2D eigenvalue weighted by molar-refractivity contribution is 7.13. The molecule has 1 aromatic heterocycles. The van der Waals surface area contributed by atoms with Gasteiger partial charge in [-0.1, -0.05) is 12.1 Å². The highest BCUT2D eigenvalue weighted by atomic mass is 32.1. The van der Waals surface area contributed by atoms with Gasteiger partial charge in [-0.15, -0.1) is 11.3 Å². The third-order valence-electron chi connectivity index (χ3n) is 2.04. The minimum absolute atomic E-state index is 0.674. The lowest BCUT2D eigenvalue weighted by molar-refractivity contribution is 0.417. The van der Waals surface area contributed by atoms with E-state index in [1.165, 1.54) is 4.88 Å². The topological polar surface area (TPSA) is 35.2 Å². The number of hydrogen-bond donors (Lipinski definition) is 1. The van der Waals surface area contributed by atoms with Crippen LogP contribution in [0.2, 0.25) is 0 Å². The van der Waals surface area contributed by atoms with Crippen LogP contribution in [0.3, 0.4) is 0 Å². The van der Waals surface area contributed by atoms with Crippen LogP contribution in [0.5, 0.6) is 5.75 Å². The Labute approximate surface area is 86.9 Å². The third kappa shape index (κ3) is 1.59. The Balaban J connectivity index is 2.46. The molecule has 0 amide bonds. The molecule has 2 rings (SSSR count). The first-order valence-electron chi connectivity index (χ1n) is 4.28. The predicted octanol–water partition coefficient (Wildman–Crippen LogP) is 3.01. The molecule has 14 heavy (non-hydrogen) atoms. The zero-order valence-electron chi connectivity index (χ0n) is 7.86. The average Bonchev–Trinajstić information content (AvgIpc) is 2.71. The normalized spacial score (nSPS) is 10.1. The SMILES string of the molecule is COc1cc(-c2cccs2)ccc1N. The molecule has 0 saturated heterocycles. The number of nitrogen functional groups attached to an aromatic ring is 1. The van der Waals surface area contributed by atoms with E-state index in [4.69, 9.17) is 10.5 Å². The van der Waals surface area contributed by atoms with E-state index < -0.39 is 0 Å². The van der Waals surface area contributed by atoms with Crippen LogP contribution in [0.25, 0.3) is 10.4 Å². The summed E-state index contributed by atoms with van der Waals surface area (Å²) in [7, 11) is 1.63. The van der Waals surface area contributed by atoms with E-state index in [0.717, 1.165) is 11.3 Å². The van der Waals surface area contributed by atoms with Gasteiger partial charge < -0.3 is 10.5 Å². The maximum absolute atomic E-state index is 5.73. The molecule has 0 unspecified atom stereocenters. The van der Waals surface area contributed by atoms with Gasteiger partial charge in [0.1, 0.15) is 5.75 Å². The Kier molecular flexibility index (Phi) is 2.41. The maximum Gasteiger partial charge on any atom is 0.142 e. The van der Waals surface area contributed by atoms with Crippen molar-refractivity contribution < 1.29 is 4.74 Å². The minimum atomic E-state index is 0.674. The van der Waals surface area contributed by atoms with Crippen molar-refractivity contribution in [3.8, 4) is 16.2 Å². The van der Waals surface area contributed by atoms with Gasteiger partial charge in [-0.25, -0.2) is 0 Å². The molecular weight excluding hydrogens is 194 g/mol. The molecule has 0 saturated carbocycles. The van der Waals surface area contributed by atoms with Gasteiger partial charge in [0.05, 0.1) is 12.8 Å². The lowest BCUT2D eigenvalue weighted by atomic mass is 10.1. The zero-order valence-corrected chi connectivity index (χ0v) is 8.67. The summed E-state index contributed by atoms with van der Waals surface area (Å²) in [5.41, 5.74) is 7.55. The van der Waals surface area contributed by atoms with Crippen LogP contribution in [0, 0.1) is 0 Å². The van der Waals surface area contributed by atoms with Gasteiger partial charge in [-0.2, -0.15) is 0 Å². The second-order valence-corrected chi connectivity index (χ2v) is 3.88. The molecule has 0 aliphatic rings. The van der Waals surface area contributed by atoms with Crippen molar-refractivity contribution in [1.82, 2.24) is 0 Å². The number of rotatable bonds is 2. The van der Waals surface area contributed by atoms with Crippen LogP contribution in [0.1, 0.15) is 0 Å². The number of hydrogen-bond acceptors (Lipinski definition) is 3. The van der Waals surface area contributed by atoms with Crippen molar-refractivity contribution >= 4 is 17.0 Å². The molecule has 0 atom stereocenters.